The van der Waals surface area contributed by atoms with Gasteiger partial charge >= 0.3 is 0 Å². The Morgan fingerprint density at radius 1 is 0.950 bits per heavy atom. The molecular weight excluding hydrogens is 270 g/mol. The summed E-state index contributed by atoms with van der Waals surface area (Å²) >= 11 is 5.84. The summed E-state index contributed by atoms with van der Waals surface area (Å²) in [7, 11) is 0. The lowest BCUT2D eigenvalue weighted by Gasteiger charge is -2.07. The fourth-order valence-electron chi connectivity index (χ4n) is 1.91. The monoisotopic (exact) mass is 289 g/mol. The van der Waals surface area contributed by atoms with Crippen molar-refractivity contribution in [1.82, 2.24) is 5.32 Å². The Hall–Kier alpha value is -1.51. The van der Waals surface area contributed by atoms with E-state index in [0.29, 0.717) is 6.61 Å². The van der Waals surface area contributed by atoms with Crippen LogP contribution in [0.4, 0.5) is 0 Å². The Kier molecular flexibility index (Phi) is 5.90. The summed E-state index contributed by atoms with van der Waals surface area (Å²) < 4.78 is 5.71. The molecule has 0 heterocycles. The predicted octanol–water partition coefficient (Wildman–Crippen LogP) is 4.07. The lowest BCUT2D eigenvalue weighted by Crippen LogP contribution is -2.15. The average Bonchev–Trinajstić information content (AvgIpc) is 2.48. The van der Waals surface area contributed by atoms with E-state index in [-0.39, 0.29) is 0 Å². The summed E-state index contributed by atoms with van der Waals surface area (Å²) in [5.41, 5.74) is 2.52. The zero-order chi connectivity index (χ0) is 14.2. The summed E-state index contributed by atoms with van der Waals surface area (Å²) in [6.45, 7) is 4.75. The Balaban J connectivity index is 1.82. The molecule has 0 aliphatic heterocycles. The maximum absolute atomic E-state index is 5.84. The third-order valence-corrected chi connectivity index (χ3v) is 3.33. The highest BCUT2D eigenvalue weighted by molar-refractivity contribution is 6.30. The summed E-state index contributed by atoms with van der Waals surface area (Å²) in [5, 5.41) is 4.05. The van der Waals surface area contributed by atoms with Gasteiger partial charge in [-0.3, -0.25) is 0 Å². The van der Waals surface area contributed by atoms with Crippen LogP contribution < -0.4 is 10.1 Å². The molecule has 20 heavy (non-hydrogen) atoms. The number of nitrogens with one attached hydrogen (secondary N) is 1. The minimum absolute atomic E-state index is 0.578. The zero-order valence-electron chi connectivity index (χ0n) is 11.7. The van der Waals surface area contributed by atoms with Gasteiger partial charge in [-0.15, -0.1) is 0 Å². The molecule has 0 spiro atoms. The molecule has 0 bridgehead atoms. The molecule has 0 saturated heterocycles. The Morgan fingerprint density at radius 2 is 1.60 bits per heavy atom. The molecule has 0 aliphatic carbocycles. The third-order valence-electron chi connectivity index (χ3n) is 3.08. The first-order valence-electron chi connectivity index (χ1n) is 6.95. The molecule has 2 nitrogen and oxygen atoms in total. The lowest BCUT2D eigenvalue weighted by molar-refractivity contribution is 0.306. The first kappa shape index (κ1) is 14.9. The number of rotatable bonds is 7. The second-order valence-electron chi connectivity index (χ2n) is 4.66. The second-order valence-corrected chi connectivity index (χ2v) is 5.10. The van der Waals surface area contributed by atoms with Crippen molar-refractivity contribution in [2.24, 2.45) is 0 Å². The molecule has 0 aromatic heterocycles. The molecule has 1 N–H and O–H groups in total. The van der Waals surface area contributed by atoms with Crippen molar-refractivity contribution in [2.45, 2.75) is 20.0 Å². The molecule has 2 aromatic rings. The third kappa shape index (κ3) is 4.87. The number of halogens is 1. The topological polar surface area (TPSA) is 21.3 Å². The minimum Gasteiger partial charge on any atom is -0.489 e. The molecule has 0 fully saturated rings. The summed E-state index contributed by atoms with van der Waals surface area (Å²) in [6, 6.07) is 16.0. The van der Waals surface area contributed by atoms with E-state index in [0.717, 1.165) is 30.3 Å². The average molecular weight is 290 g/mol. The molecule has 0 aliphatic rings. The summed E-state index contributed by atoms with van der Waals surface area (Å²) in [5.74, 6) is 0.839. The number of likely N-dealkylation sites (N-methyl/N-ethyl adjacent to an activating group) is 1. The van der Waals surface area contributed by atoms with Crippen molar-refractivity contribution in [3.63, 3.8) is 0 Å². The summed E-state index contributed by atoms with van der Waals surface area (Å²) in [6.07, 6.45) is 1.06. The van der Waals surface area contributed by atoms with E-state index in [9.17, 15) is 0 Å². The van der Waals surface area contributed by atoms with Crippen LogP contribution in [0.3, 0.4) is 0 Å². The van der Waals surface area contributed by atoms with Crippen molar-refractivity contribution < 1.29 is 4.74 Å². The van der Waals surface area contributed by atoms with Crippen LogP contribution in [0.2, 0.25) is 5.02 Å². The molecule has 0 radical (unpaired) electrons. The quantitative estimate of drug-likeness (QED) is 0.776. The SMILES string of the molecule is CCNCCc1ccc(COc2ccc(Cl)cc2)cc1. The molecule has 2 rings (SSSR count). The molecule has 2 aromatic carbocycles. The van der Waals surface area contributed by atoms with Gasteiger partial charge in [0.2, 0.25) is 0 Å². The van der Waals surface area contributed by atoms with Gasteiger partial charge in [-0.05, 0) is 54.9 Å². The zero-order valence-corrected chi connectivity index (χ0v) is 12.5. The van der Waals surface area contributed by atoms with Crippen molar-refractivity contribution in [1.29, 1.82) is 0 Å². The molecule has 0 unspecified atom stereocenters. The number of hydrogen-bond acceptors (Lipinski definition) is 2. The van der Waals surface area contributed by atoms with Crippen LogP contribution in [0, 0.1) is 0 Å². The van der Waals surface area contributed by atoms with Gasteiger partial charge in [-0.1, -0.05) is 42.8 Å². The van der Waals surface area contributed by atoms with Gasteiger partial charge < -0.3 is 10.1 Å². The highest BCUT2D eigenvalue weighted by atomic mass is 35.5. The van der Waals surface area contributed by atoms with Crippen LogP contribution in [0.5, 0.6) is 5.75 Å². The van der Waals surface area contributed by atoms with Crippen molar-refractivity contribution in [2.75, 3.05) is 13.1 Å². The molecule has 106 valence electrons. The highest BCUT2D eigenvalue weighted by Crippen LogP contribution is 2.17. The Morgan fingerprint density at radius 3 is 2.25 bits per heavy atom. The van der Waals surface area contributed by atoms with Gasteiger partial charge in [-0.25, -0.2) is 0 Å². The predicted molar refractivity (Wildman–Crippen MR) is 84.5 cm³/mol. The van der Waals surface area contributed by atoms with Crippen LogP contribution in [0.15, 0.2) is 48.5 Å². The Bertz CT molecular complexity index is 508. The van der Waals surface area contributed by atoms with E-state index in [1.165, 1.54) is 11.1 Å². The fourth-order valence-corrected chi connectivity index (χ4v) is 2.04. The number of benzene rings is 2. The van der Waals surface area contributed by atoms with Crippen molar-refractivity contribution in [3.05, 3.63) is 64.7 Å². The molecule has 0 amide bonds. The van der Waals surface area contributed by atoms with Crippen LogP contribution in [0.25, 0.3) is 0 Å². The van der Waals surface area contributed by atoms with E-state index in [4.69, 9.17) is 16.3 Å². The van der Waals surface area contributed by atoms with Gasteiger partial charge in [-0.2, -0.15) is 0 Å². The van der Waals surface area contributed by atoms with Crippen LogP contribution in [-0.4, -0.2) is 13.1 Å². The maximum Gasteiger partial charge on any atom is 0.119 e. The normalized spacial score (nSPS) is 10.5. The minimum atomic E-state index is 0.578. The molecule has 0 atom stereocenters. The maximum atomic E-state index is 5.84. The summed E-state index contributed by atoms with van der Waals surface area (Å²) in [4.78, 5) is 0. The second kappa shape index (κ2) is 7.93. The van der Waals surface area contributed by atoms with Gasteiger partial charge in [0, 0.05) is 5.02 Å². The Labute approximate surface area is 125 Å². The first-order chi connectivity index (χ1) is 9.78. The molecule has 0 saturated carbocycles. The van der Waals surface area contributed by atoms with E-state index in [1.54, 1.807) is 0 Å². The fraction of sp³-hybridized carbons (Fsp3) is 0.294. The van der Waals surface area contributed by atoms with E-state index >= 15 is 0 Å². The van der Waals surface area contributed by atoms with Crippen LogP contribution in [-0.2, 0) is 13.0 Å². The van der Waals surface area contributed by atoms with Crippen molar-refractivity contribution >= 4 is 11.6 Å². The smallest absolute Gasteiger partial charge is 0.119 e. The largest absolute Gasteiger partial charge is 0.489 e. The van der Waals surface area contributed by atoms with E-state index in [1.807, 2.05) is 24.3 Å². The van der Waals surface area contributed by atoms with Gasteiger partial charge in [0.15, 0.2) is 0 Å². The van der Waals surface area contributed by atoms with Gasteiger partial charge in [0.05, 0.1) is 0 Å². The van der Waals surface area contributed by atoms with Crippen LogP contribution >= 0.6 is 11.6 Å². The number of hydrogen-bond donors (Lipinski definition) is 1. The molecule has 3 heteroatoms. The molecular formula is C17H20ClNO. The van der Waals surface area contributed by atoms with E-state index in [2.05, 4.69) is 36.5 Å². The van der Waals surface area contributed by atoms with Crippen LogP contribution in [0.1, 0.15) is 18.1 Å². The van der Waals surface area contributed by atoms with Gasteiger partial charge in [0.1, 0.15) is 12.4 Å². The highest BCUT2D eigenvalue weighted by Gasteiger charge is 1.98. The van der Waals surface area contributed by atoms with Crippen molar-refractivity contribution in [3.8, 4) is 5.75 Å². The van der Waals surface area contributed by atoms with Gasteiger partial charge in [0.25, 0.3) is 0 Å². The first-order valence-corrected chi connectivity index (χ1v) is 7.32. The van der Waals surface area contributed by atoms with E-state index < -0.39 is 0 Å². The number of ether oxygens (including phenoxy) is 1. The standard InChI is InChI=1S/C17H20ClNO/c1-2-19-12-11-14-3-5-15(6-4-14)13-20-17-9-7-16(18)8-10-17/h3-10,19H,2,11-13H2,1H3. The lowest BCUT2D eigenvalue weighted by atomic mass is 10.1.